The molecule has 1 aromatic rings. The van der Waals surface area contributed by atoms with Crippen LogP contribution in [-0.2, 0) is 29.2 Å². The molecule has 18 heavy (non-hydrogen) atoms. The summed E-state index contributed by atoms with van der Waals surface area (Å²) in [5.74, 6) is 1.88. The molecule has 0 spiro atoms. The fourth-order valence-electron chi connectivity index (χ4n) is 2.76. The SMILES string of the molecule is NC1CCn2nc(CC3CCCS3(=O)=O)nc2C1. The Morgan fingerprint density at radius 3 is 2.94 bits per heavy atom. The number of aryl methyl sites for hydroxylation is 1. The lowest BCUT2D eigenvalue weighted by Crippen LogP contribution is -2.31. The van der Waals surface area contributed by atoms with Gasteiger partial charge in [-0.2, -0.15) is 5.10 Å². The van der Waals surface area contributed by atoms with Crippen molar-refractivity contribution < 1.29 is 8.42 Å². The molecule has 0 aromatic carbocycles. The number of hydrogen-bond acceptors (Lipinski definition) is 5. The first kappa shape index (κ1) is 12.1. The van der Waals surface area contributed by atoms with Crippen LogP contribution >= 0.6 is 0 Å². The van der Waals surface area contributed by atoms with Crippen molar-refractivity contribution in [3.05, 3.63) is 11.6 Å². The summed E-state index contributed by atoms with van der Waals surface area (Å²) in [7, 11) is -2.91. The summed E-state index contributed by atoms with van der Waals surface area (Å²) in [4.78, 5) is 4.44. The minimum Gasteiger partial charge on any atom is -0.327 e. The second-order valence-corrected chi connectivity index (χ2v) is 7.66. The van der Waals surface area contributed by atoms with E-state index in [0.717, 1.165) is 38.1 Å². The molecular formula is C11H18N4O2S. The van der Waals surface area contributed by atoms with E-state index >= 15 is 0 Å². The van der Waals surface area contributed by atoms with Crippen molar-refractivity contribution in [1.29, 1.82) is 0 Å². The zero-order chi connectivity index (χ0) is 12.8. The van der Waals surface area contributed by atoms with E-state index in [9.17, 15) is 8.42 Å². The summed E-state index contributed by atoms with van der Waals surface area (Å²) >= 11 is 0. The van der Waals surface area contributed by atoms with Crippen LogP contribution in [0.25, 0.3) is 0 Å². The van der Waals surface area contributed by atoms with E-state index in [1.54, 1.807) is 0 Å². The molecule has 3 heterocycles. The van der Waals surface area contributed by atoms with Gasteiger partial charge in [-0.25, -0.2) is 18.1 Å². The topological polar surface area (TPSA) is 90.9 Å². The summed E-state index contributed by atoms with van der Waals surface area (Å²) < 4.78 is 25.4. The zero-order valence-electron chi connectivity index (χ0n) is 10.2. The average Bonchev–Trinajstić information content (AvgIpc) is 2.82. The van der Waals surface area contributed by atoms with Crippen LogP contribution in [0, 0.1) is 0 Å². The molecule has 2 aliphatic heterocycles. The molecule has 2 N–H and O–H groups in total. The van der Waals surface area contributed by atoms with Gasteiger partial charge in [-0.05, 0) is 19.3 Å². The summed E-state index contributed by atoms with van der Waals surface area (Å²) in [6.45, 7) is 0.793. The number of nitrogens with two attached hydrogens (primary N) is 1. The Morgan fingerprint density at radius 1 is 1.39 bits per heavy atom. The number of hydrogen-bond donors (Lipinski definition) is 1. The maximum Gasteiger partial charge on any atom is 0.153 e. The molecule has 7 heteroatoms. The van der Waals surface area contributed by atoms with E-state index in [1.807, 2.05) is 4.68 Å². The molecule has 0 aliphatic carbocycles. The second kappa shape index (κ2) is 4.31. The van der Waals surface area contributed by atoms with Crippen LogP contribution in [0.15, 0.2) is 0 Å². The molecule has 0 saturated carbocycles. The number of sulfone groups is 1. The van der Waals surface area contributed by atoms with Gasteiger partial charge in [0.05, 0.1) is 11.0 Å². The van der Waals surface area contributed by atoms with Crippen LogP contribution in [-0.4, -0.2) is 40.2 Å². The molecule has 3 rings (SSSR count). The van der Waals surface area contributed by atoms with Crippen molar-refractivity contribution in [3.8, 4) is 0 Å². The monoisotopic (exact) mass is 270 g/mol. The molecule has 100 valence electrons. The summed E-state index contributed by atoms with van der Waals surface area (Å²) in [6, 6.07) is 0.157. The smallest absolute Gasteiger partial charge is 0.153 e. The summed E-state index contributed by atoms with van der Waals surface area (Å²) in [5, 5.41) is 4.12. The Labute approximate surface area is 106 Å². The van der Waals surface area contributed by atoms with Crippen LogP contribution < -0.4 is 5.73 Å². The van der Waals surface area contributed by atoms with Gasteiger partial charge in [0, 0.05) is 25.4 Å². The minimum absolute atomic E-state index is 0.157. The molecule has 1 fully saturated rings. The van der Waals surface area contributed by atoms with Crippen molar-refractivity contribution in [1.82, 2.24) is 14.8 Å². The minimum atomic E-state index is -2.91. The number of rotatable bonds is 2. The van der Waals surface area contributed by atoms with E-state index in [4.69, 9.17) is 5.73 Å². The first-order valence-electron chi connectivity index (χ1n) is 6.44. The van der Waals surface area contributed by atoms with Crippen LogP contribution in [0.1, 0.15) is 30.9 Å². The molecule has 0 amide bonds. The lowest BCUT2D eigenvalue weighted by molar-refractivity contribution is 0.431. The normalized spacial score (nSPS) is 30.3. The molecule has 2 aliphatic rings. The van der Waals surface area contributed by atoms with Gasteiger partial charge in [-0.1, -0.05) is 0 Å². The van der Waals surface area contributed by atoms with Crippen LogP contribution in [0.2, 0.25) is 0 Å². The third-order valence-corrected chi connectivity index (χ3v) is 6.10. The summed E-state index contributed by atoms with van der Waals surface area (Å²) in [6.07, 6.45) is 3.62. The van der Waals surface area contributed by atoms with Crippen molar-refractivity contribution in [2.24, 2.45) is 5.73 Å². The number of aromatic nitrogens is 3. The highest BCUT2D eigenvalue weighted by Crippen LogP contribution is 2.23. The average molecular weight is 270 g/mol. The molecule has 2 atom stereocenters. The Hall–Kier alpha value is -0.950. The van der Waals surface area contributed by atoms with Crippen molar-refractivity contribution in [2.45, 2.75) is 49.9 Å². The summed E-state index contributed by atoms with van der Waals surface area (Å²) in [5.41, 5.74) is 5.89. The first-order valence-corrected chi connectivity index (χ1v) is 8.16. The Morgan fingerprint density at radius 2 is 2.22 bits per heavy atom. The predicted molar refractivity (Wildman–Crippen MR) is 66.8 cm³/mol. The molecular weight excluding hydrogens is 252 g/mol. The third-order valence-electron chi connectivity index (χ3n) is 3.82. The van der Waals surface area contributed by atoms with Crippen LogP contribution in [0.3, 0.4) is 0 Å². The van der Waals surface area contributed by atoms with Crippen molar-refractivity contribution in [3.63, 3.8) is 0 Å². The number of fused-ring (bicyclic) bond motifs is 1. The van der Waals surface area contributed by atoms with E-state index < -0.39 is 9.84 Å². The lowest BCUT2D eigenvalue weighted by Gasteiger charge is -2.17. The van der Waals surface area contributed by atoms with E-state index in [1.165, 1.54) is 0 Å². The molecule has 0 bridgehead atoms. The highest BCUT2D eigenvalue weighted by Gasteiger charge is 2.32. The maximum absolute atomic E-state index is 11.8. The molecule has 1 saturated heterocycles. The van der Waals surface area contributed by atoms with Gasteiger partial charge < -0.3 is 5.73 Å². The van der Waals surface area contributed by atoms with Crippen LogP contribution in [0.4, 0.5) is 0 Å². The van der Waals surface area contributed by atoms with Gasteiger partial charge in [0.15, 0.2) is 15.7 Å². The van der Waals surface area contributed by atoms with Crippen molar-refractivity contribution in [2.75, 3.05) is 5.75 Å². The van der Waals surface area contributed by atoms with E-state index in [0.29, 0.717) is 18.0 Å². The molecule has 0 radical (unpaired) electrons. The largest absolute Gasteiger partial charge is 0.327 e. The van der Waals surface area contributed by atoms with Crippen molar-refractivity contribution >= 4 is 9.84 Å². The van der Waals surface area contributed by atoms with E-state index in [2.05, 4.69) is 10.1 Å². The Balaban J connectivity index is 1.78. The van der Waals surface area contributed by atoms with Gasteiger partial charge in [-0.3, -0.25) is 0 Å². The zero-order valence-corrected chi connectivity index (χ0v) is 11.1. The fraction of sp³-hybridized carbons (Fsp3) is 0.818. The van der Waals surface area contributed by atoms with E-state index in [-0.39, 0.29) is 11.3 Å². The molecule has 6 nitrogen and oxygen atoms in total. The lowest BCUT2D eigenvalue weighted by atomic mass is 10.1. The van der Waals surface area contributed by atoms with Gasteiger partial charge in [0.1, 0.15) is 5.82 Å². The maximum atomic E-state index is 11.8. The number of nitrogens with zero attached hydrogens (tertiary/aromatic N) is 3. The van der Waals surface area contributed by atoms with Gasteiger partial charge in [0.2, 0.25) is 0 Å². The first-order chi connectivity index (χ1) is 8.54. The Bertz CT molecular complexity index is 551. The van der Waals surface area contributed by atoms with Crippen LogP contribution in [0.5, 0.6) is 0 Å². The second-order valence-electron chi connectivity index (χ2n) is 5.26. The Kier molecular flexibility index (Phi) is 2.90. The quantitative estimate of drug-likeness (QED) is 0.794. The fourth-order valence-corrected chi connectivity index (χ4v) is 4.59. The highest BCUT2D eigenvalue weighted by atomic mass is 32.2. The predicted octanol–water partition coefficient (Wildman–Crippen LogP) is -0.329. The third kappa shape index (κ3) is 2.16. The highest BCUT2D eigenvalue weighted by molar-refractivity contribution is 7.92. The standard InChI is InChI=1S/C11H18N4O2S/c12-8-3-4-15-11(6-8)13-10(14-15)7-9-2-1-5-18(9,16)17/h8-9H,1-7,12H2. The molecule has 2 unspecified atom stereocenters. The van der Waals surface area contributed by atoms with Gasteiger partial charge >= 0.3 is 0 Å². The van der Waals surface area contributed by atoms with Gasteiger partial charge in [0.25, 0.3) is 0 Å². The molecule has 1 aromatic heterocycles. The van der Waals surface area contributed by atoms with Gasteiger partial charge in [-0.15, -0.1) is 0 Å².